The van der Waals surface area contributed by atoms with E-state index in [9.17, 15) is 19.2 Å². The van der Waals surface area contributed by atoms with Gasteiger partial charge in [0.1, 0.15) is 0 Å². The van der Waals surface area contributed by atoms with Gasteiger partial charge in [0.15, 0.2) is 0 Å². The van der Waals surface area contributed by atoms with Gasteiger partial charge in [-0.15, -0.1) is 0 Å². The van der Waals surface area contributed by atoms with Crippen molar-refractivity contribution in [2.24, 2.45) is 0 Å². The molecule has 1 aliphatic rings. The van der Waals surface area contributed by atoms with E-state index in [0.29, 0.717) is 22.4 Å². The van der Waals surface area contributed by atoms with Crippen LogP contribution in [0.25, 0.3) is 0 Å². The number of benzene rings is 2. The number of hydrogen-bond donors (Lipinski definition) is 1. The number of carbonyl (C=O) groups is 4. The van der Waals surface area contributed by atoms with Crippen LogP contribution in [0.2, 0.25) is 0 Å². The molecule has 0 aliphatic carbocycles. The molecule has 132 valence electrons. The van der Waals surface area contributed by atoms with Crippen molar-refractivity contribution in [1.29, 1.82) is 0 Å². The fourth-order valence-electron chi connectivity index (χ4n) is 2.60. The van der Waals surface area contributed by atoms with E-state index < -0.39 is 5.91 Å². The highest BCUT2D eigenvalue weighted by molar-refractivity contribution is 6.34. The zero-order chi connectivity index (χ0) is 18.8. The Bertz CT molecular complexity index is 868. The number of rotatable bonds is 4. The number of anilines is 1. The van der Waals surface area contributed by atoms with Crippen molar-refractivity contribution in [1.82, 2.24) is 10.2 Å². The molecule has 7 heteroatoms. The number of nitrogens with zero attached hydrogens (tertiary/aromatic N) is 2. The molecule has 0 unspecified atom stereocenters. The summed E-state index contributed by atoms with van der Waals surface area (Å²) in [5.74, 6) is -1.41. The first kappa shape index (κ1) is 17.3. The summed E-state index contributed by atoms with van der Waals surface area (Å²) < 4.78 is 0. The first-order chi connectivity index (χ1) is 12.4. The summed E-state index contributed by atoms with van der Waals surface area (Å²) in [6, 6.07) is 12.7. The number of carbonyl (C=O) groups excluding carboxylic acids is 4. The van der Waals surface area contributed by atoms with Crippen molar-refractivity contribution in [2.75, 3.05) is 25.5 Å². The highest BCUT2D eigenvalue weighted by Gasteiger charge is 2.36. The van der Waals surface area contributed by atoms with Crippen LogP contribution in [-0.2, 0) is 4.79 Å². The van der Waals surface area contributed by atoms with E-state index in [-0.39, 0.29) is 24.3 Å². The van der Waals surface area contributed by atoms with E-state index in [1.807, 2.05) is 0 Å². The van der Waals surface area contributed by atoms with E-state index >= 15 is 0 Å². The van der Waals surface area contributed by atoms with Crippen molar-refractivity contribution in [2.45, 2.75) is 0 Å². The van der Waals surface area contributed by atoms with Gasteiger partial charge in [-0.1, -0.05) is 12.1 Å². The smallest absolute Gasteiger partial charge is 0.266 e. The van der Waals surface area contributed by atoms with Crippen molar-refractivity contribution in [3.63, 3.8) is 0 Å². The van der Waals surface area contributed by atoms with Crippen LogP contribution >= 0.6 is 0 Å². The normalized spacial score (nSPS) is 12.8. The third kappa shape index (κ3) is 3.06. The maximum Gasteiger partial charge on any atom is 0.266 e. The van der Waals surface area contributed by atoms with E-state index in [4.69, 9.17) is 0 Å². The average molecular weight is 351 g/mol. The summed E-state index contributed by atoms with van der Waals surface area (Å²) in [5, 5.41) is 2.52. The predicted octanol–water partition coefficient (Wildman–Crippen LogP) is 1.31. The van der Waals surface area contributed by atoms with Crippen molar-refractivity contribution < 1.29 is 19.2 Å². The monoisotopic (exact) mass is 351 g/mol. The van der Waals surface area contributed by atoms with Gasteiger partial charge in [-0.2, -0.15) is 0 Å². The van der Waals surface area contributed by atoms with E-state index in [1.165, 1.54) is 29.2 Å². The van der Waals surface area contributed by atoms with Gasteiger partial charge >= 0.3 is 0 Å². The van der Waals surface area contributed by atoms with Crippen molar-refractivity contribution in [3.05, 3.63) is 65.2 Å². The first-order valence-electron chi connectivity index (χ1n) is 7.96. The van der Waals surface area contributed by atoms with Crippen LogP contribution in [0.4, 0.5) is 5.69 Å². The lowest BCUT2D eigenvalue weighted by molar-refractivity contribution is -0.127. The fourth-order valence-corrected chi connectivity index (χ4v) is 2.60. The quantitative estimate of drug-likeness (QED) is 0.842. The molecule has 3 rings (SSSR count). The molecule has 0 aromatic heterocycles. The molecule has 2 aromatic carbocycles. The SMILES string of the molecule is CN(C)C(=O)CNC(=O)c1ccc(N2C(=O)c3ccccc3C2=O)cc1. The largest absolute Gasteiger partial charge is 0.347 e. The maximum absolute atomic E-state index is 12.5. The van der Waals surface area contributed by atoms with E-state index in [2.05, 4.69) is 5.32 Å². The molecule has 1 N–H and O–H groups in total. The molecule has 26 heavy (non-hydrogen) atoms. The Kier molecular flexibility index (Phi) is 4.53. The van der Waals surface area contributed by atoms with Crippen LogP contribution in [0.5, 0.6) is 0 Å². The standard InChI is InChI=1S/C19H17N3O4/c1-21(2)16(23)11-20-17(24)12-7-9-13(10-8-12)22-18(25)14-5-3-4-6-15(14)19(22)26/h3-10H,11H2,1-2H3,(H,20,24). The summed E-state index contributed by atoms with van der Waals surface area (Å²) in [7, 11) is 3.21. The van der Waals surface area contributed by atoms with Crippen LogP contribution in [0.3, 0.4) is 0 Å². The van der Waals surface area contributed by atoms with Gasteiger partial charge < -0.3 is 10.2 Å². The third-order valence-corrected chi connectivity index (χ3v) is 4.08. The molecule has 0 spiro atoms. The minimum absolute atomic E-state index is 0.105. The van der Waals surface area contributed by atoms with Gasteiger partial charge in [-0.05, 0) is 36.4 Å². The molecular weight excluding hydrogens is 334 g/mol. The third-order valence-electron chi connectivity index (χ3n) is 4.08. The second kappa shape index (κ2) is 6.79. The summed E-state index contributed by atoms with van der Waals surface area (Å²) in [6.07, 6.45) is 0. The molecule has 7 nitrogen and oxygen atoms in total. The molecule has 0 saturated heterocycles. The van der Waals surface area contributed by atoms with E-state index in [0.717, 1.165) is 4.90 Å². The molecule has 2 aromatic rings. The molecule has 0 saturated carbocycles. The lowest BCUT2D eigenvalue weighted by atomic mass is 10.1. The van der Waals surface area contributed by atoms with E-state index in [1.54, 1.807) is 38.4 Å². The molecule has 0 atom stereocenters. The molecule has 0 bridgehead atoms. The Morgan fingerprint density at radius 2 is 1.46 bits per heavy atom. The minimum Gasteiger partial charge on any atom is -0.347 e. The van der Waals surface area contributed by atoms with Gasteiger partial charge in [0.2, 0.25) is 5.91 Å². The highest BCUT2D eigenvalue weighted by Crippen LogP contribution is 2.28. The van der Waals surface area contributed by atoms with Crippen LogP contribution in [0.1, 0.15) is 31.1 Å². The molecular formula is C19H17N3O4. The Hall–Kier alpha value is -3.48. The molecule has 1 heterocycles. The lowest BCUT2D eigenvalue weighted by Crippen LogP contribution is -2.36. The zero-order valence-corrected chi connectivity index (χ0v) is 14.4. The summed E-state index contributed by atoms with van der Waals surface area (Å²) in [5.41, 5.74) is 1.44. The zero-order valence-electron chi connectivity index (χ0n) is 14.4. The second-order valence-electron chi connectivity index (χ2n) is 6.01. The minimum atomic E-state index is -0.408. The number of nitrogens with one attached hydrogen (secondary N) is 1. The van der Waals surface area contributed by atoms with Gasteiger partial charge in [0.25, 0.3) is 17.7 Å². The number of fused-ring (bicyclic) bond motifs is 1. The topological polar surface area (TPSA) is 86.8 Å². The summed E-state index contributed by atoms with van der Waals surface area (Å²) >= 11 is 0. The Morgan fingerprint density at radius 1 is 0.923 bits per heavy atom. The summed E-state index contributed by atoms with van der Waals surface area (Å²) in [6.45, 7) is -0.105. The lowest BCUT2D eigenvalue weighted by Gasteiger charge is -2.14. The van der Waals surface area contributed by atoms with Crippen molar-refractivity contribution >= 4 is 29.3 Å². The maximum atomic E-state index is 12.5. The van der Waals surface area contributed by atoms with Gasteiger partial charge in [0, 0.05) is 19.7 Å². The average Bonchev–Trinajstić information content (AvgIpc) is 2.90. The molecule has 0 radical (unpaired) electrons. The van der Waals surface area contributed by atoms with Gasteiger partial charge in [-0.25, -0.2) is 4.90 Å². The van der Waals surface area contributed by atoms with Crippen LogP contribution in [0, 0.1) is 0 Å². The van der Waals surface area contributed by atoms with Crippen molar-refractivity contribution in [3.8, 4) is 0 Å². The second-order valence-corrected chi connectivity index (χ2v) is 6.01. The molecule has 0 fully saturated rings. The molecule has 4 amide bonds. The Labute approximate surface area is 150 Å². The number of imide groups is 1. The van der Waals surface area contributed by atoms with Crippen LogP contribution < -0.4 is 10.2 Å². The molecule has 1 aliphatic heterocycles. The number of amides is 4. The number of likely N-dealkylation sites (N-methyl/N-ethyl adjacent to an activating group) is 1. The first-order valence-corrected chi connectivity index (χ1v) is 7.96. The summed E-state index contributed by atoms with van der Waals surface area (Å²) in [4.78, 5) is 51.0. The fraction of sp³-hybridized carbons (Fsp3) is 0.158. The van der Waals surface area contributed by atoms with Gasteiger partial charge in [0.05, 0.1) is 23.4 Å². The number of hydrogen-bond acceptors (Lipinski definition) is 4. The Balaban J connectivity index is 1.75. The van der Waals surface area contributed by atoms with Crippen LogP contribution in [-0.4, -0.2) is 49.2 Å². The van der Waals surface area contributed by atoms with Gasteiger partial charge in [-0.3, -0.25) is 19.2 Å². The Morgan fingerprint density at radius 3 is 1.96 bits per heavy atom. The van der Waals surface area contributed by atoms with Crippen LogP contribution in [0.15, 0.2) is 48.5 Å². The predicted molar refractivity (Wildman–Crippen MR) is 95.1 cm³/mol. The highest BCUT2D eigenvalue weighted by atomic mass is 16.2.